The van der Waals surface area contributed by atoms with Gasteiger partial charge in [-0.2, -0.15) is 0 Å². The van der Waals surface area contributed by atoms with Gasteiger partial charge in [-0.1, -0.05) is 33.1 Å². The van der Waals surface area contributed by atoms with Gasteiger partial charge in [-0.05, 0) is 18.9 Å². The van der Waals surface area contributed by atoms with Gasteiger partial charge < -0.3 is 4.57 Å². The first-order valence-electron chi connectivity index (χ1n) is 5.51. The first kappa shape index (κ1) is 10.5. The second-order valence-electron chi connectivity index (χ2n) is 4.22. The lowest BCUT2D eigenvalue weighted by molar-refractivity contribution is 0.226. The van der Waals surface area contributed by atoms with Crippen molar-refractivity contribution in [3.8, 4) is 0 Å². The maximum Gasteiger partial charge on any atom is 0.0762 e. The van der Waals surface area contributed by atoms with E-state index in [9.17, 15) is 0 Å². The van der Waals surface area contributed by atoms with Crippen molar-refractivity contribution in [3.05, 3.63) is 0 Å². The number of nitrogens with zero attached hydrogens (tertiary/aromatic N) is 1. The second kappa shape index (κ2) is 5.19. The van der Waals surface area contributed by atoms with Crippen LogP contribution in [0.15, 0.2) is 0 Å². The molecule has 0 aromatic rings. The molecule has 0 N–H and O–H groups in total. The molecule has 72 valence electrons. The summed E-state index contributed by atoms with van der Waals surface area (Å²) in [5, 5.41) is 0. The van der Waals surface area contributed by atoms with E-state index in [-0.39, 0.29) is 9.20 Å². The Kier molecular flexibility index (Phi) is 4.53. The first-order chi connectivity index (χ1) is 5.75. The topological polar surface area (TPSA) is 3.24 Å². The zero-order valence-corrected chi connectivity index (χ0v) is 12.3. The Hall–Kier alpha value is 0.394. The number of rotatable bonds is 3. The van der Waals surface area contributed by atoms with Crippen LogP contribution in [-0.4, -0.2) is 35.6 Å². The maximum absolute atomic E-state index is 2.85. The third-order valence-electron chi connectivity index (χ3n) is 3.07. The Bertz CT molecular complexity index is 122. The molecule has 0 heterocycles. The fourth-order valence-corrected chi connectivity index (χ4v) is 7.81. The van der Waals surface area contributed by atoms with Crippen LogP contribution in [0, 0.1) is 0 Å². The molecule has 1 fully saturated rings. The summed E-state index contributed by atoms with van der Waals surface area (Å²) in [4.78, 5) is 0. The molecule has 3 heteroatoms. The van der Waals surface area contributed by atoms with Crippen LogP contribution in [-0.2, 0) is 0 Å². The largest absolute Gasteiger partial charge is 0.327 e. The van der Waals surface area contributed by atoms with Crippen LogP contribution in [0.25, 0.3) is 0 Å². The highest BCUT2D eigenvalue weighted by Gasteiger charge is 2.20. The Morgan fingerprint density at radius 1 is 1.25 bits per heavy atom. The minimum atomic E-state index is 0.208. The van der Waals surface area contributed by atoms with Crippen molar-refractivity contribution in [2.24, 2.45) is 0 Å². The van der Waals surface area contributed by atoms with Crippen molar-refractivity contribution in [1.29, 1.82) is 0 Å². The van der Waals surface area contributed by atoms with Gasteiger partial charge in [0.25, 0.3) is 0 Å². The highest BCUT2D eigenvalue weighted by molar-refractivity contribution is 6.87. The molecule has 1 saturated carbocycles. The van der Waals surface area contributed by atoms with Crippen LogP contribution in [0.5, 0.6) is 0 Å². The molecule has 0 saturated heterocycles. The smallest absolute Gasteiger partial charge is 0.0762 e. The molecule has 0 spiro atoms. The Morgan fingerprint density at radius 3 is 2.25 bits per heavy atom. The molecule has 12 heavy (non-hydrogen) atoms. The van der Waals surface area contributed by atoms with E-state index >= 15 is 0 Å². The maximum atomic E-state index is 2.85. The van der Waals surface area contributed by atoms with E-state index in [0.717, 1.165) is 12.1 Å². The van der Waals surface area contributed by atoms with E-state index in [0.29, 0.717) is 0 Å². The molecule has 1 nitrogen and oxygen atoms in total. The SMILES string of the molecule is CC(C)N([SiH2][SiH3])C1CCCCC1. The molecule has 0 aliphatic heterocycles. The third kappa shape index (κ3) is 2.71. The average molecular weight is 201 g/mol. The first-order valence-corrected chi connectivity index (χ1v) is 11.8. The average Bonchev–Trinajstić information content (AvgIpc) is 2.07. The van der Waals surface area contributed by atoms with Crippen LogP contribution in [0.3, 0.4) is 0 Å². The van der Waals surface area contributed by atoms with Crippen molar-refractivity contribution in [2.75, 3.05) is 0 Å². The molecule has 0 bridgehead atoms. The highest BCUT2D eigenvalue weighted by Crippen LogP contribution is 2.22. The Balaban J connectivity index is 2.40. The summed E-state index contributed by atoms with van der Waals surface area (Å²) < 4.78 is 2.85. The van der Waals surface area contributed by atoms with Gasteiger partial charge in [0, 0.05) is 15.8 Å². The molecular weight excluding hydrogens is 178 g/mol. The van der Waals surface area contributed by atoms with Crippen molar-refractivity contribution in [3.63, 3.8) is 0 Å². The molecule has 1 aliphatic rings. The van der Waals surface area contributed by atoms with E-state index in [2.05, 4.69) is 18.4 Å². The zero-order chi connectivity index (χ0) is 8.97. The molecule has 0 aromatic carbocycles. The predicted octanol–water partition coefficient (Wildman–Crippen LogP) is 0.394. The third-order valence-corrected chi connectivity index (χ3v) is 7.24. The summed E-state index contributed by atoms with van der Waals surface area (Å²) in [6.07, 6.45) is 7.46. The fraction of sp³-hybridized carbons (Fsp3) is 1.00. The van der Waals surface area contributed by atoms with Crippen molar-refractivity contribution in [1.82, 2.24) is 4.57 Å². The molecule has 0 aromatic heterocycles. The Morgan fingerprint density at radius 2 is 1.83 bits per heavy atom. The van der Waals surface area contributed by atoms with Crippen molar-refractivity contribution < 1.29 is 0 Å². The van der Waals surface area contributed by atoms with Gasteiger partial charge >= 0.3 is 0 Å². The van der Waals surface area contributed by atoms with Gasteiger partial charge in [0.05, 0.1) is 9.20 Å². The second-order valence-corrected chi connectivity index (χ2v) is 7.48. The minimum Gasteiger partial charge on any atom is -0.327 e. The normalized spacial score (nSPS) is 22.0. The molecule has 0 unspecified atom stereocenters. The molecule has 0 amide bonds. The zero-order valence-electron chi connectivity index (χ0n) is 8.84. The molecule has 0 atom stereocenters. The summed E-state index contributed by atoms with van der Waals surface area (Å²) in [5.41, 5.74) is 0. The van der Waals surface area contributed by atoms with Crippen LogP contribution in [0.4, 0.5) is 0 Å². The van der Waals surface area contributed by atoms with Crippen LogP contribution in [0.1, 0.15) is 46.0 Å². The Labute approximate surface area is 82.0 Å². The quantitative estimate of drug-likeness (QED) is 0.597. The van der Waals surface area contributed by atoms with E-state index in [1.54, 1.807) is 0 Å². The lowest BCUT2D eigenvalue weighted by Gasteiger charge is -2.36. The molecule has 0 radical (unpaired) electrons. The van der Waals surface area contributed by atoms with Crippen molar-refractivity contribution in [2.45, 2.75) is 58.0 Å². The summed E-state index contributed by atoms with van der Waals surface area (Å²) in [5.74, 6) is 0. The van der Waals surface area contributed by atoms with Crippen LogP contribution >= 0.6 is 0 Å². The summed E-state index contributed by atoms with van der Waals surface area (Å²) in [7, 11) is 1.68. The molecule has 1 rings (SSSR count). The van der Waals surface area contributed by atoms with Gasteiger partial charge in [-0.3, -0.25) is 0 Å². The summed E-state index contributed by atoms with van der Waals surface area (Å²) in [6, 6.07) is 1.82. The summed E-state index contributed by atoms with van der Waals surface area (Å²) in [6.45, 7) is 4.75. The molecular formula is C9H23NSi2. The number of hydrogen-bond donors (Lipinski definition) is 0. The minimum absolute atomic E-state index is 0.208. The van der Waals surface area contributed by atoms with Gasteiger partial charge in [0.15, 0.2) is 0 Å². The van der Waals surface area contributed by atoms with Gasteiger partial charge in [0.1, 0.15) is 0 Å². The fourth-order valence-electron chi connectivity index (χ4n) is 2.46. The summed E-state index contributed by atoms with van der Waals surface area (Å²) >= 11 is 0. The monoisotopic (exact) mass is 201 g/mol. The molecule has 1 aliphatic carbocycles. The van der Waals surface area contributed by atoms with E-state index in [4.69, 9.17) is 0 Å². The lowest BCUT2D eigenvalue weighted by atomic mass is 9.95. The van der Waals surface area contributed by atoms with E-state index in [1.165, 1.54) is 41.9 Å². The van der Waals surface area contributed by atoms with Crippen LogP contribution in [0.2, 0.25) is 0 Å². The van der Waals surface area contributed by atoms with Gasteiger partial charge in [0.2, 0.25) is 0 Å². The van der Waals surface area contributed by atoms with Crippen LogP contribution < -0.4 is 0 Å². The van der Waals surface area contributed by atoms with Gasteiger partial charge in [-0.15, -0.1) is 0 Å². The van der Waals surface area contributed by atoms with Gasteiger partial charge in [-0.25, -0.2) is 0 Å². The standard InChI is InChI=1S/C9H23NSi2/c1-8(2)10(12-11)9-6-4-3-5-7-9/h8-9H,3-7,12H2,1-2,11H3. The lowest BCUT2D eigenvalue weighted by Crippen LogP contribution is -2.44. The van der Waals surface area contributed by atoms with E-state index in [1.807, 2.05) is 0 Å². The predicted molar refractivity (Wildman–Crippen MR) is 62.3 cm³/mol. The van der Waals surface area contributed by atoms with E-state index < -0.39 is 0 Å². The van der Waals surface area contributed by atoms with Crippen molar-refractivity contribution >= 4 is 19.0 Å². The highest BCUT2D eigenvalue weighted by atomic mass is 29.1. The number of hydrogen-bond acceptors (Lipinski definition) is 1.